The first-order chi connectivity index (χ1) is 10.2. The molecule has 1 aromatic carbocycles. The van der Waals surface area contributed by atoms with E-state index in [4.69, 9.17) is 16.3 Å². The van der Waals surface area contributed by atoms with Crippen LogP contribution in [0, 0.1) is 0 Å². The fourth-order valence-corrected chi connectivity index (χ4v) is 2.92. The van der Waals surface area contributed by atoms with E-state index in [0.29, 0.717) is 16.8 Å². The Morgan fingerprint density at radius 3 is 2.62 bits per heavy atom. The number of benzene rings is 1. The average molecular weight is 311 g/mol. The van der Waals surface area contributed by atoms with E-state index in [-0.39, 0.29) is 12.5 Å². The third-order valence-corrected chi connectivity index (χ3v) is 4.12. The van der Waals surface area contributed by atoms with Gasteiger partial charge >= 0.3 is 0 Å². The second-order valence-corrected chi connectivity index (χ2v) is 5.87. The van der Waals surface area contributed by atoms with Crippen molar-refractivity contribution in [3.8, 4) is 5.75 Å². The molecule has 0 unspecified atom stereocenters. The van der Waals surface area contributed by atoms with Gasteiger partial charge in [0, 0.05) is 11.7 Å². The topological polar surface area (TPSA) is 50.4 Å². The van der Waals surface area contributed by atoms with Crippen LogP contribution in [-0.2, 0) is 4.79 Å². The van der Waals surface area contributed by atoms with Gasteiger partial charge in [-0.1, -0.05) is 37.3 Å². The normalized spacial score (nSPS) is 16.1. The standard InChI is InChI=1S/C16H23ClN2O2/c1-21-15-9-8-13(10-14(15)17)18-11-16(20)19-12-6-4-2-3-5-7-12/h8-10,12,18H,2-7,11H2,1H3,(H,19,20). The SMILES string of the molecule is COc1ccc(NCC(=O)NC2CCCCCC2)cc1Cl. The molecule has 0 saturated heterocycles. The van der Waals surface area contributed by atoms with E-state index in [1.54, 1.807) is 19.2 Å². The van der Waals surface area contributed by atoms with Crippen LogP contribution in [0.4, 0.5) is 5.69 Å². The highest BCUT2D eigenvalue weighted by atomic mass is 35.5. The second-order valence-electron chi connectivity index (χ2n) is 5.46. The second kappa shape index (κ2) is 8.13. The maximum absolute atomic E-state index is 12.0. The van der Waals surface area contributed by atoms with Crippen LogP contribution in [-0.4, -0.2) is 25.6 Å². The van der Waals surface area contributed by atoms with Crippen molar-refractivity contribution in [2.45, 2.75) is 44.6 Å². The van der Waals surface area contributed by atoms with Gasteiger partial charge in [0.1, 0.15) is 5.75 Å². The van der Waals surface area contributed by atoms with Crippen LogP contribution in [0.15, 0.2) is 18.2 Å². The number of hydrogen-bond donors (Lipinski definition) is 2. The molecule has 4 nitrogen and oxygen atoms in total. The molecule has 0 radical (unpaired) electrons. The van der Waals surface area contributed by atoms with Crippen molar-refractivity contribution in [2.24, 2.45) is 0 Å². The lowest BCUT2D eigenvalue weighted by Gasteiger charge is -2.16. The van der Waals surface area contributed by atoms with E-state index in [0.717, 1.165) is 18.5 Å². The van der Waals surface area contributed by atoms with E-state index < -0.39 is 0 Å². The number of carbonyl (C=O) groups excluding carboxylic acids is 1. The summed E-state index contributed by atoms with van der Waals surface area (Å²) in [6, 6.07) is 5.73. The highest BCUT2D eigenvalue weighted by Gasteiger charge is 2.14. The van der Waals surface area contributed by atoms with Crippen LogP contribution in [0.3, 0.4) is 0 Å². The molecule has 1 saturated carbocycles. The van der Waals surface area contributed by atoms with Crippen molar-refractivity contribution in [1.29, 1.82) is 0 Å². The molecule has 0 aliphatic heterocycles. The van der Waals surface area contributed by atoms with Gasteiger partial charge in [-0.2, -0.15) is 0 Å². The first-order valence-corrected chi connectivity index (χ1v) is 7.93. The van der Waals surface area contributed by atoms with E-state index in [1.807, 2.05) is 6.07 Å². The average Bonchev–Trinajstić information content (AvgIpc) is 2.74. The molecule has 0 aromatic heterocycles. The number of amides is 1. The first-order valence-electron chi connectivity index (χ1n) is 7.56. The van der Waals surface area contributed by atoms with Gasteiger partial charge in [-0.15, -0.1) is 0 Å². The molecule has 0 atom stereocenters. The van der Waals surface area contributed by atoms with E-state index in [9.17, 15) is 4.79 Å². The number of rotatable bonds is 5. The molecule has 0 bridgehead atoms. The van der Waals surface area contributed by atoms with Gasteiger partial charge in [0.05, 0.1) is 18.7 Å². The molecule has 21 heavy (non-hydrogen) atoms. The molecule has 0 spiro atoms. The number of ether oxygens (including phenoxy) is 1. The van der Waals surface area contributed by atoms with Gasteiger partial charge in [-0.25, -0.2) is 0 Å². The summed E-state index contributed by atoms with van der Waals surface area (Å²) in [6.07, 6.45) is 7.20. The molecule has 116 valence electrons. The minimum Gasteiger partial charge on any atom is -0.495 e. The Kier molecular flexibility index (Phi) is 6.18. The summed E-state index contributed by atoms with van der Waals surface area (Å²) >= 11 is 6.05. The molecule has 5 heteroatoms. The van der Waals surface area contributed by atoms with E-state index in [1.165, 1.54) is 25.7 Å². The summed E-state index contributed by atoms with van der Waals surface area (Å²) in [5.74, 6) is 0.666. The van der Waals surface area contributed by atoms with Crippen molar-refractivity contribution < 1.29 is 9.53 Å². The third kappa shape index (κ3) is 5.12. The van der Waals surface area contributed by atoms with Crippen LogP contribution in [0.1, 0.15) is 38.5 Å². The molecule has 1 fully saturated rings. The molecule has 1 aromatic rings. The fraction of sp³-hybridized carbons (Fsp3) is 0.562. The molecule has 2 rings (SSSR count). The largest absolute Gasteiger partial charge is 0.495 e. The van der Waals surface area contributed by atoms with Crippen LogP contribution < -0.4 is 15.4 Å². The summed E-state index contributed by atoms with van der Waals surface area (Å²) < 4.78 is 5.10. The Bertz CT molecular complexity index is 471. The van der Waals surface area contributed by atoms with Gasteiger partial charge < -0.3 is 15.4 Å². The minimum absolute atomic E-state index is 0.0360. The maximum Gasteiger partial charge on any atom is 0.239 e. The molecular formula is C16H23ClN2O2. The van der Waals surface area contributed by atoms with Crippen molar-refractivity contribution in [3.05, 3.63) is 23.2 Å². The quantitative estimate of drug-likeness (QED) is 0.817. The lowest BCUT2D eigenvalue weighted by atomic mass is 10.1. The Labute approximate surface area is 131 Å². The lowest BCUT2D eigenvalue weighted by molar-refractivity contribution is -0.120. The zero-order valence-corrected chi connectivity index (χ0v) is 13.2. The number of carbonyl (C=O) groups is 1. The summed E-state index contributed by atoms with van der Waals surface area (Å²) in [5, 5.41) is 6.73. The summed E-state index contributed by atoms with van der Waals surface area (Å²) in [5.41, 5.74) is 0.816. The van der Waals surface area contributed by atoms with Crippen molar-refractivity contribution in [2.75, 3.05) is 19.0 Å². The zero-order chi connectivity index (χ0) is 15.1. The molecule has 1 aliphatic rings. The van der Waals surface area contributed by atoms with Gasteiger partial charge in [-0.3, -0.25) is 4.79 Å². The predicted octanol–water partition coefficient (Wildman–Crippen LogP) is 3.60. The first kappa shape index (κ1) is 16.0. The van der Waals surface area contributed by atoms with E-state index in [2.05, 4.69) is 10.6 Å². The van der Waals surface area contributed by atoms with Crippen LogP contribution in [0.25, 0.3) is 0 Å². The molecule has 0 heterocycles. The lowest BCUT2D eigenvalue weighted by Crippen LogP contribution is -2.38. The Morgan fingerprint density at radius 1 is 1.29 bits per heavy atom. The number of methoxy groups -OCH3 is 1. The Morgan fingerprint density at radius 2 is 2.00 bits per heavy atom. The van der Waals surface area contributed by atoms with Crippen molar-refractivity contribution in [1.82, 2.24) is 5.32 Å². The number of hydrogen-bond acceptors (Lipinski definition) is 3. The molecule has 2 N–H and O–H groups in total. The highest BCUT2D eigenvalue weighted by Crippen LogP contribution is 2.27. The van der Waals surface area contributed by atoms with Gasteiger partial charge in [0.2, 0.25) is 5.91 Å². The minimum atomic E-state index is 0.0360. The summed E-state index contributed by atoms with van der Waals surface area (Å²) in [4.78, 5) is 12.0. The van der Waals surface area contributed by atoms with Crippen molar-refractivity contribution in [3.63, 3.8) is 0 Å². The molecular weight excluding hydrogens is 288 g/mol. The summed E-state index contributed by atoms with van der Waals surface area (Å²) in [7, 11) is 1.58. The van der Waals surface area contributed by atoms with E-state index >= 15 is 0 Å². The monoisotopic (exact) mass is 310 g/mol. The zero-order valence-electron chi connectivity index (χ0n) is 12.5. The third-order valence-electron chi connectivity index (χ3n) is 3.83. The highest BCUT2D eigenvalue weighted by molar-refractivity contribution is 6.32. The summed E-state index contributed by atoms with van der Waals surface area (Å²) in [6.45, 7) is 0.263. The van der Waals surface area contributed by atoms with Crippen LogP contribution in [0.5, 0.6) is 5.75 Å². The molecule has 1 amide bonds. The smallest absolute Gasteiger partial charge is 0.239 e. The van der Waals surface area contributed by atoms with Gasteiger partial charge in [0.25, 0.3) is 0 Å². The van der Waals surface area contributed by atoms with Gasteiger partial charge in [-0.05, 0) is 31.0 Å². The fourth-order valence-electron chi connectivity index (χ4n) is 2.66. The maximum atomic E-state index is 12.0. The number of nitrogens with one attached hydrogen (secondary N) is 2. The predicted molar refractivity (Wildman–Crippen MR) is 86.1 cm³/mol. The molecule has 1 aliphatic carbocycles. The Hall–Kier alpha value is -1.42. The van der Waals surface area contributed by atoms with Crippen LogP contribution >= 0.6 is 11.6 Å². The Balaban J connectivity index is 1.79. The van der Waals surface area contributed by atoms with Crippen LogP contribution in [0.2, 0.25) is 5.02 Å². The number of anilines is 1. The van der Waals surface area contributed by atoms with Crippen molar-refractivity contribution >= 4 is 23.2 Å². The number of halogens is 1. The van der Waals surface area contributed by atoms with Gasteiger partial charge in [0.15, 0.2) is 0 Å².